The van der Waals surface area contributed by atoms with Crippen LogP contribution in [-0.2, 0) is 30.5 Å². The molecule has 2 atom stereocenters. The van der Waals surface area contributed by atoms with Crippen molar-refractivity contribution < 1.29 is 37.2 Å². The highest BCUT2D eigenvalue weighted by molar-refractivity contribution is 7.79. The molecule has 0 saturated heterocycles. The van der Waals surface area contributed by atoms with Gasteiger partial charge in [0.15, 0.2) is 22.2 Å². The average molecular weight is 535 g/mol. The lowest BCUT2D eigenvalue weighted by molar-refractivity contribution is 0.230. The molecule has 0 aliphatic heterocycles. The first-order valence-electron chi connectivity index (χ1n) is 10.8. The second kappa shape index (κ2) is 14.0. The molecule has 4 N–H and O–H groups in total. The molecule has 194 valence electrons. The van der Waals surface area contributed by atoms with E-state index in [4.69, 9.17) is 17.8 Å². The zero-order valence-corrected chi connectivity index (χ0v) is 21.7. The summed E-state index contributed by atoms with van der Waals surface area (Å²) in [6.45, 7) is 0.920. The van der Waals surface area contributed by atoms with E-state index in [-0.39, 0.29) is 37.4 Å². The van der Waals surface area contributed by atoms with Gasteiger partial charge in [-0.3, -0.25) is 8.37 Å². The van der Waals surface area contributed by atoms with Crippen LogP contribution in [0.3, 0.4) is 0 Å². The molecule has 0 radical (unpaired) electrons. The van der Waals surface area contributed by atoms with Gasteiger partial charge in [0.25, 0.3) is 0 Å². The first-order valence-corrected chi connectivity index (χ1v) is 13.7. The summed E-state index contributed by atoms with van der Waals surface area (Å²) in [5.74, 6) is 1.35. The Bertz CT molecular complexity index is 1240. The van der Waals surface area contributed by atoms with Crippen LogP contribution in [-0.4, -0.2) is 58.3 Å². The van der Waals surface area contributed by atoms with Gasteiger partial charge >= 0.3 is 0 Å². The van der Waals surface area contributed by atoms with Gasteiger partial charge in [0, 0.05) is 23.6 Å². The van der Waals surface area contributed by atoms with Crippen molar-refractivity contribution in [3.8, 4) is 22.6 Å². The molecule has 4 rings (SSSR count). The maximum atomic E-state index is 11.3. The average Bonchev–Trinajstić information content (AvgIpc) is 2.84. The first-order chi connectivity index (χ1) is 16.5. The second-order valence-electron chi connectivity index (χ2n) is 7.46. The fraction of sp³-hybridized carbons (Fsp3) is 0.231. The van der Waals surface area contributed by atoms with Crippen LogP contribution in [0.25, 0.3) is 32.7 Å². The van der Waals surface area contributed by atoms with E-state index in [0.29, 0.717) is 11.5 Å². The highest BCUT2D eigenvalue weighted by atomic mass is 32.2. The van der Waals surface area contributed by atoms with E-state index in [9.17, 15) is 8.42 Å². The van der Waals surface area contributed by atoms with Crippen molar-refractivity contribution in [1.82, 2.24) is 0 Å². The van der Waals surface area contributed by atoms with Crippen LogP contribution >= 0.6 is 0 Å². The first kappa shape index (κ1) is 29.4. The highest BCUT2D eigenvalue weighted by Crippen LogP contribution is 2.45. The fourth-order valence-electron chi connectivity index (χ4n) is 3.87. The van der Waals surface area contributed by atoms with Crippen LogP contribution in [0.15, 0.2) is 72.8 Å². The summed E-state index contributed by atoms with van der Waals surface area (Å²) in [5.41, 5.74) is 1.81. The van der Waals surface area contributed by atoms with E-state index in [0.717, 1.165) is 32.7 Å². The summed E-state index contributed by atoms with van der Waals surface area (Å²) in [4.78, 5) is 0. The molecule has 0 amide bonds. The molecule has 0 fully saturated rings. The Hall–Kier alpha value is -2.86. The topological polar surface area (TPSA) is 134 Å². The molecule has 0 aliphatic rings. The van der Waals surface area contributed by atoms with E-state index < -0.39 is 22.2 Å². The molecule has 0 bridgehead atoms. The molecule has 10 heteroatoms. The van der Waals surface area contributed by atoms with E-state index in [2.05, 4.69) is 24.3 Å². The Morgan fingerprint density at radius 3 is 1.33 bits per heavy atom. The van der Waals surface area contributed by atoms with Crippen LogP contribution in [0.2, 0.25) is 0 Å². The van der Waals surface area contributed by atoms with Crippen molar-refractivity contribution in [2.24, 2.45) is 0 Å². The summed E-state index contributed by atoms with van der Waals surface area (Å²) < 4.78 is 45.1. The predicted molar refractivity (Wildman–Crippen MR) is 145 cm³/mol. The normalized spacial score (nSPS) is 12.4. The second-order valence-corrected chi connectivity index (χ2v) is 9.54. The zero-order valence-electron chi connectivity index (χ0n) is 20.0. The molecule has 0 saturated carbocycles. The van der Waals surface area contributed by atoms with Crippen molar-refractivity contribution in [2.75, 3.05) is 38.9 Å². The molecule has 4 aromatic rings. The standard InChI is InChI=1S/C26H26O6S2.2H2O/c1-33(27)31-17-15-29-23-13-11-19-7-3-5-9-21(19)25(23)26-22-10-6-4-8-20(22)12-14-24(26)30-16-18-32-34(2)28;;/h3-14H,15-18H2,1-2H3;2*1H2. The molecule has 0 aliphatic carbocycles. The summed E-state index contributed by atoms with van der Waals surface area (Å²) in [6.07, 6.45) is 2.97. The lowest BCUT2D eigenvalue weighted by Gasteiger charge is -2.19. The van der Waals surface area contributed by atoms with Gasteiger partial charge in [-0.2, -0.15) is 0 Å². The third-order valence-corrected chi connectivity index (χ3v) is 6.21. The molecule has 8 nitrogen and oxygen atoms in total. The van der Waals surface area contributed by atoms with Crippen molar-refractivity contribution >= 4 is 43.7 Å². The van der Waals surface area contributed by atoms with Crippen molar-refractivity contribution in [3.63, 3.8) is 0 Å². The Labute approximate surface area is 215 Å². The molecule has 0 aromatic heterocycles. The number of hydrogen-bond acceptors (Lipinski definition) is 6. The smallest absolute Gasteiger partial charge is 0.152 e. The van der Waals surface area contributed by atoms with Gasteiger partial charge in [-0.1, -0.05) is 60.7 Å². The van der Waals surface area contributed by atoms with Gasteiger partial charge in [0.1, 0.15) is 24.7 Å². The minimum absolute atomic E-state index is 0. The zero-order chi connectivity index (χ0) is 23.9. The van der Waals surface area contributed by atoms with E-state index in [1.54, 1.807) is 0 Å². The monoisotopic (exact) mass is 534 g/mol. The summed E-state index contributed by atoms with van der Waals surface area (Å²) in [7, 11) is 0. The quantitative estimate of drug-likeness (QED) is 0.271. The summed E-state index contributed by atoms with van der Waals surface area (Å²) in [6, 6.07) is 24.1. The molecule has 0 spiro atoms. The third kappa shape index (κ3) is 7.10. The van der Waals surface area contributed by atoms with Crippen LogP contribution in [0.1, 0.15) is 0 Å². The van der Waals surface area contributed by atoms with Crippen LogP contribution in [0.4, 0.5) is 0 Å². The van der Waals surface area contributed by atoms with Gasteiger partial charge < -0.3 is 20.4 Å². The van der Waals surface area contributed by atoms with Crippen LogP contribution < -0.4 is 9.47 Å². The molecular weight excluding hydrogens is 504 g/mol. The molecule has 0 heterocycles. The van der Waals surface area contributed by atoms with Gasteiger partial charge in [-0.25, -0.2) is 8.42 Å². The number of benzene rings is 4. The Morgan fingerprint density at radius 2 is 0.944 bits per heavy atom. The molecule has 4 aromatic carbocycles. The maximum absolute atomic E-state index is 11.3. The molecular formula is C26H30O8S2. The maximum Gasteiger partial charge on any atom is 0.152 e. The van der Waals surface area contributed by atoms with Gasteiger partial charge in [-0.05, 0) is 33.7 Å². The van der Waals surface area contributed by atoms with Crippen molar-refractivity contribution in [1.29, 1.82) is 0 Å². The van der Waals surface area contributed by atoms with Crippen LogP contribution in [0.5, 0.6) is 11.5 Å². The lowest BCUT2D eigenvalue weighted by Crippen LogP contribution is -2.09. The van der Waals surface area contributed by atoms with Crippen molar-refractivity contribution in [3.05, 3.63) is 72.8 Å². The minimum atomic E-state index is -1.35. The lowest BCUT2D eigenvalue weighted by atomic mass is 9.92. The number of rotatable bonds is 11. The predicted octanol–water partition coefficient (Wildman–Crippen LogP) is 3.39. The number of hydrogen-bond donors (Lipinski definition) is 0. The summed E-state index contributed by atoms with van der Waals surface area (Å²) in [5, 5.41) is 4.18. The van der Waals surface area contributed by atoms with Gasteiger partial charge in [-0.15, -0.1) is 0 Å². The third-order valence-electron chi connectivity index (χ3n) is 5.21. The Balaban J connectivity index is 0.00000228. The van der Waals surface area contributed by atoms with Gasteiger partial charge in [0.2, 0.25) is 0 Å². The minimum Gasteiger partial charge on any atom is -0.490 e. The fourth-order valence-corrected chi connectivity index (χ4v) is 4.47. The molecule has 2 unspecified atom stereocenters. The summed E-state index contributed by atoms with van der Waals surface area (Å²) >= 11 is -2.70. The Kier molecular flexibility index (Phi) is 11.4. The SMILES string of the molecule is CS(=O)OCCOc1ccc2ccccc2c1-c1c(OCCOS(C)=O)ccc2ccccc12.O.O. The number of fused-ring (bicyclic) bond motifs is 2. The van der Waals surface area contributed by atoms with Crippen molar-refractivity contribution in [2.45, 2.75) is 0 Å². The highest BCUT2D eigenvalue weighted by Gasteiger charge is 2.19. The van der Waals surface area contributed by atoms with Crippen LogP contribution in [0, 0.1) is 0 Å². The van der Waals surface area contributed by atoms with Gasteiger partial charge in [0.05, 0.1) is 13.2 Å². The van der Waals surface area contributed by atoms with E-state index in [1.807, 2.05) is 48.5 Å². The van der Waals surface area contributed by atoms with E-state index >= 15 is 0 Å². The Morgan fingerprint density at radius 1 is 0.556 bits per heavy atom. The number of ether oxygens (including phenoxy) is 2. The molecule has 36 heavy (non-hydrogen) atoms. The van der Waals surface area contributed by atoms with E-state index in [1.165, 1.54) is 12.5 Å². The largest absolute Gasteiger partial charge is 0.490 e.